The summed E-state index contributed by atoms with van der Waals surface area (Å²) in [5, 5.41) is 0.670. The van der Waals surface area contributed by atoms with E-state index in [0.29, 0.717) is 10.6 Å². The van der Waals surface area contributed by atoms with Crippen LogP contribution in [0.1, 0.15) is 36.7 Å². The molecule has 0 aromatic heterocycles. The van der Waals surface area contributed by atoms with Gasteiger partial charge in [0.2, 0.25) is 0 Å². The molecule has 0 saturated carbocycles. The summed E-state index contributed by atoms with van der Waals surface area (Å²) in [7, 11) is 0. The molecule has 3 heteroatoms. The molecule has 0 N–H and O–H groups in total. The van der Waals surface area contributed by atoms with Crippen LogP contribution in [0.15, 0.2) is 49.0 Å². The first kappa shape index (κ1) is 16.3. The summed E-state index contributed by atoms with van der Waals surface area (Å²) in [5.74, 6) is -0.318. The summed E-state index contributed by atoms with van der Waals surface area (Å²) in [6, 6.07) is 13.1. The van der Waals surface area contributed by atoms with Gasteiger partial charge in [0, 0.05) is 5.02 Å². The van der Waals surface area contributed by atoms with Crippen molar-refractivity contribution in [2.45, 2.75) is 26.4 Å². The van der Waals surface area contributed by atoms with Crippen molar-refractivity contribution in [2.24, 2.45) is 0 Å². The molecule has 0 saturated heterocycles. The molecule has 0 spiro atoms. The average Bonchev–Trinajstić information content (AvgIpc) is 2.46. The van der Waals surface area contributed by atoms with Crippen LogP contribution in [0.2, 0.25) is 5.02 Å². The Balaban J connectivity index is 2.25. The molecular weight excluding hydrogens is 296 g/mol. The van der Waals surface area contributed by atoms with E-state index in [9.17, 15) is 4.79 Å². The number of ether oxygens (including phenoxy) is 1. The number of esters is 1. The molecule has 0 unspecified atom stereocenters. The Hall–Kier alpha value is -2.06. The summed E-state index contributed by atoms with van der Waals surface area (Å²) in [4.78, 5) is 12.0. The fraction of sp³-hybridized carbons (Fsp3) is 0.211. The molecule has 0 bridgehead atoms. The molecule has 114 valence electrons. The van der Waals surface area contributed by atoms with E-state index in [-0.39, 0.29) is 5.97 Å². The second kappa shape index (κ2) is 6.37. The van der Waals surface area contributed by atoms with Crippen molar-refractivity contribution in [1.82, 2.24) is 0 Å². The SMILES string of the molecule is C=Cc1cc(-c2ccc(C(=O)OC(C)(C)C)cc2)ccc1Cl. The lowest BCUT2D eigenvalue weighted by Crippen LogP contribution is -2.23. The molecule has 2 aromatic carbocycles. The number of halogens is 1. The fourth-order valence-corrected chi connectivity index (χ4v) is 2.21. The molecule has 2 rings (SSSR count). The molecule has 22 heavy (non-hydrogen) atoms. The summed E-state index contributed by atoms with van der Waals surface area (Å²) >= 11 is 6.08. The number of rotatable bonds is 3. The van der Waals surface area contributed by atoms with E-state index in [4.69, 9.17) is 16.3 Å². The van der Waals surface area contributed by atoms with Crippen molar-refractivity contribution in [1.29, 1.82) is 0 Å². The molecule has 0 atom stereocenters. The highest BCUT2D eigenvalue weighted by Crippen LogP contribution is 2.26. The molecule has 0 aliphatic heterocycles. The van der Waals surface area contributed by atoms with E-state index in [1.54, 1.807) is 18.2 Å². The Morgan fingerprint density at radius 2 is 1.68 bits per heavy atom. The third kappa shape index (κ3) is 3.99. The summed E-state index contributed by atoms with van der Waals surface area (Å²) in [6.07, 6.45) is 1.72. The van der Waals surface area contributed by atoms with Crippen molar-refractivity contribution >= 4 is 23.6 Å². The zero-order chi connectivity index (χ0) is 16.3. The van der Waals surface area contributed by atoms with E-state index in [1.165, 1.54) is 0 Å². The van der Waals surface area contributed by atoms with Crippen LogP contribution in [0.25, 0.3) is 17.2 Å². The third-order valence-corrected chi connectivity index (χ3v) is 3.41. The highest BCUT2D eigenvalue weighted by Gasteiger charge is 2.17. The minimum atomic E-state index is -0.495. The first-order chi connectivity index (χ1) is 10.3. The topological polar surface area (TPSA) is 26.3 Å². The van der Waals surface area contributed by atoms with Gasteiger partial charge >= 0.3 is 5.97 Å². The third-order valence-electron chi connectivity index (χ3n) is 3.07. The van der Waals surface area contributed by atoms with Gasteiger partial charge in [-0.3, -0.25) is 0 Å². The zero-order valence-electron chi connectivity index (χ0n) is 13.0. The average molecular weight is 315 g/mol. The molecule has 0 heterocycles. The number of hydrogen-bond donors (Lipinski definition) is 0. The molecule has 0 aliphatic carbocycles. The van der Waals surface area contributed by atoms with Gasteiger partial charge in [0.1, 0.15) is 5.60 Å². The van der Waals surface area contributed by atoms with Crippen LogP contribution in [0.4, 0.5) is 0 Å². The molecule has 0 amide bonds. The fourth-order valence-electron chi connectivity index (χ4n) is 2.02. The highest BCUT2D eigenvalue weighted by molar-refractivity contribution is 6.32. The van der Waals surface area contributed by atoms with Crippen molar-refractivity contribution < 1.29 is 9.53 Å². The van der Waals surface area contributed by atoms with Crippen LogP contribution in [0.5, 0.6) is 0 Å². The van der Waals surface area contributed by atoms with Crippen LogP contribution in [-0.2, 0) is 4.74 Å². The Labute approximate surface area is 136 Å². The van der Waals surface area contributed by atoms with Crippen LogP contribution in [0, 0.1) is 0 Å². The Morgan fingerprint density at radius 1 is 1.09 bits per heavy atom. The van der Waals surface area contributed by atoms with E-state index in [1.807, 2.05) is 51.1 Å². The van der Waals surface area contributed by atoms with Gasteiger partial charge in [-0.25, -0.2) is 4.79 Å². The van der Waals surface area contributed by atoms with Gasteiger partial charge in [-0.05, 0) is 61.7 Å². The lowest BCUT2D eigenvalue weighted by molar-refractivity contribution is 0.00696. The summed E-state index contributed by atoms with van der Waals surface area (Å²) in [5.41, 5.74) is 2.96. The second-order valence-electron chi connectivity index (χ2n) is 6.02. The number of hydrogen-bond acceptors (Lipinski definition) is 2. The predicted molar refractivity (Wildman–Crippen MR) is 92.1 cm³/mol. The van der Waals surface area contributed by atoms with E-state index >= 15 is 0 Å². The highest BCUT2D eigenvalue weighted by atomic mass is 35.5. The number of benzene rings is 2. The molecule has 0 fully saturated rings. The van der Waals surface area contributed by atoms with Crippen LogP contribution in [-0.4, -0.2) is 11.6 Å². The molecule has 0 radical (unpaired) electrons. The van der Waals surface area contributed by atoms with Crippen molar-refractivity contribution in [3.05, 3.63) is 65.2 Å². The van der Waals surface area contributed by atoms with Crippen LogP contribution in [0.3, 0.4) is 0 Å². The minimum Gasteiger partial charge on any atom is -0.456 e. The number of carbonyl (C=O) groups excluding carboxylic acids is 1. The van der Waals surface area contributed by atoms with Gasteiger partial charge in [0.15, 0.2) is 0 Å². The summed E-state index contributed by atoms with van der Waals surface area (Å²) < 4.78 is 5.35. The molecular formula is C19H19ClO2. The maximum atomic E-state index is 12.0. The molecule has 0 aliphatic rings. The summed E-state index contributed by atoms with van der Waals surface area (Å²) in [6.45, 7) is 9.31. The number of carbonyl (C=O) groups is 1. The van der Waals surface area contributed by atoms with Crippen LogP contribution >= 0.6 is 11.6 Å². The quantitative estimate of drug-likeness (QED) is 0.689. The smallest absolute Gasteiger partial charge is 0.338 e. The zero-order valence-corrected chi connectivity index (χ0v) is 13.8. The second-order valence-corrected chi connectivity index (χ2v) is 6.43. The van der Waals surface area contributed by atoms with Crippen molar-refractivity contribution in [2.75, 3.05) is 0 Å². The maximum absolute atomic E-state index is 12.0. The van der Waals surface area contributed by atoms with Gasteiger partial charge in [-0.2, -0.15) is 0 Å². The predicted octanol–water partition coefficient (Wildman–Crippen LogP) is 5.61. The van der Waals surface area contributed by atoms with E-state index < -0.39 is 5.60 Å². The van der Waals surface area contributed by atoms with Gasteiger partial charge in [-0.1, -0.05) is 42.5 Å². The van der Waals surface area contributed by atoms with Crippen molar-refractivity contribution in [3.8, 4) is 11.1 Å². The van der Waals surface area contributed by atoms with Gasteiger partial charge in [0.05, 0.1) is 5.56 Å². The normalized spacial score (nSPS) is 11.1. The van der Waals surface area contributed by atoms with Crippen LogP contribution < -0.4 is 0 Å². The first-order valence-corrected chi connectivity index (χ1v) is 7.44. The van der Waals surface area contributed by atoms with Gasteiger partial charge in [-0.15, -0.1) is 0 Å². The Bertz CT molecular complexity index is 694. The molecule has 2 nitrogen and oxygen atoms in total. The maximum Gasteiger partial charge on any atom is 0.338 e. The first-order valence-electron chi connectivity index (χ1n) is 7.06. The van der Waals surface area contributed by atoms with E-state index in [0.717, 1.165) is 16.7 Å². The minimum absolute atomic E-state index is 0.318. The molecule has 2 aromatic rings. The lowest BCUT2D eigenvalue weighted by Gasteiger charge is -2.19. The van der Waals surface area contributed by atoms with Crippen molar-refractivity contribution in [3.63, 3.8) is 0 Å². The van der Waals surface area contributed by atoms with Gasteiger partial charge < -0.3 is 4.74 Å². The van der Waals surface area contributed by atoms with Gasteiger partial charge in [0.25, 0.3) is 0 Å². The monoisotopic (exact) mass is 314 g/mol. The Kier molecular flexibility index (Phi) is 4.72. The largest absolute Gasteiger partial charge is 0.456 e. The van der Waals surface area contributed by atoms with E-state index in [2.05, 4.69) is 6.58 Å². The Morgan fingerprint density at radius 3 is 2.23 bits per heavy atom. The standard InChI is InChI=1S/C19H19ClO2/c1-5-13-12-16(10-11-17(13)20)14-6-8-15(9-7-14)18(21)22-19(2,3)4/h5-12H,1H2,2-4H3. The lowest BCUT2D eigenvalue weighted by atomic mass is 10.0.